The molecule has 0 saturated heterocycles. The van der Waals surface area contributed by atoms with Gasteiger partial charge in [-0.25, -0.2) is 0 Å². The van der Waals surface area contributed by atoms with E-state index in [0.29, 0.717) is 5.56 Å². The molecule has 2 aromatic carbocycles. The van der Waals surface area contributed by atoms with Crippen molar-refractivity contribution in [2.45, 2.75) is 24.7 Å². The lowest BCUT2D eigenvalue weighted by atomic mass is 10.1. The third kappa shape index (κ3) is 4.33. The normalized spacial score (nSPS) is 10.5. The molecule has 0 saturated carbocycles. The number of pyridine rings is 1. The van der Waals surface area contributed by atoms with Gasteiger partial charge in [-0.1, -0.05) is 43.7 Å². The number of hydrogen-bond donors (Lipinski definition) is 1. The number of carbonyl (C=O) groups excluding carboxylic acids is 1. The maximum atomic E-state index is 12.4. The molecule has 1 heterocycles. The Hall–Kier alpha value is -2.59. The SMILES string of the molecule is CCCc1ccc(NC(=O)c2ccc(-c3ccccc3SC)nc2)cc1. The quantitative estimate of drug-likeness (QED) is 0.574. The molecule has 1 N–H and O–H groups in total. The topological polar surface area (TPSA) is 42.0 Å². The zero-order valence-electron chi connectivity index (χ0n) is 15.0. The van der Waals surface area contributed by atoms with Crippen molar-refractivity contribution >= 4 is 23.4 Å². The number of aromatic nitrogens is 1. The highest BCUT2D eigenvalue weighted by Gasteiger charge is 2.09. The van der Waals surface area contributed by atoms with E-state index >= 15 is 0 Å². The number of nitrogens with one attached hydrogen (secondary N) is 1. The molecule has 3 nitrogen and oxygen atoms in total. The lowest BCUT2D eigenvalue weighted by molar-refractivity contribution is 0.102. The van der Waals surface area contributed by atoms with Gasteiger partial charge in [-0.3, -0.25) is 9.78 Å². The minimum atomic E-state index is -0.148. The average molecular weight is 362 g/mol. The molecule has 0 aliphatic heterocycles. The van der Waals surface area contributed by atoms with Crippen LogP contribution >= 0.6 is 11.8 Å². The summed E-state index contributed by atoms with van der Waals surface area (Å²) in [6.45, 7) is 2.16. The summed E-state index contributed by atoms with van der Waals surface area (Å²) in [5.74, 6) is -0.148. The number of hydrogen-bond acceptors (Lipinski definition) is 3. The van der Waals surface area contributed by atoms with Crippen molar-refractivity contribution in [2.24, 2.45) is 0 Å². The van der Waals surface area contributed by atoms with Crippen LogP contribution in [0, 0.1) is 0 Å². The number of rotatable bonds is 6. The van der Waals surface area contributed by atoms with Crippen LogP contribution in [0.5, 0.6) is 0 Å². The number of carbonyl (C=O) groups is 1. The highest BCUT2D eigenvalue weighted by molar-refractivity contribution is 7.98. The fourth-order valence-electron chi connectivity index (χ4n) is 2.79. The van der Waals surface area contributed by atoms with Gasteiger partial charge >= 0.3 is 0 Å². The minimum Gasteiger partial charge on any atom is -0.322 e. The van der Waals surface area contributed by atoms with Gasteiger partial charge in [-0.2, -0.15) is 0 Å². The Kier molecular flexibility index (Phi) is 6.08. The largest absolute Gasteiger partial charge is 0.322 e. The maximum Gasteiger partial charge on any atom is 0.257 e. The number of amides is 1. The van der Waals surface area contributed by atoms with Crippen molar-refractivity contribution < 1.29 is 4.79 Å². The summed E-state index contributed by atoms with van der Waals surface area (Å²) in [4.78, 5) is 18.1. The number of nitrogens with zero attached hydrogens (tertiary/aromatic N) is 1. The summed E-state index contributed by atoms with van der Waals surface area (Å²) in [5.41, 5.74) is 4.58. The summed E-state index contributed by atoms with van der Waals surface area (Å²) in [7, 11) is 0. The van der Waals surface area contributed by atoms with Gasteiger partial charge in [-0.15, -0.1) is 11.8 Å². The van der Waals surface area contributed by atoms with Crippen molar-refractivity contribution in [3.05, 3.63) is 78.0 Å². The zero-order valence-corrected chi connectivity index (χ0v) is 15.8. The zero-order chi connectivity index (χ0) is 18.4. The second-order valence-electron chi connectivity index (χ2n) is 6.03. The summed E-state index contributed by atoms with van der Waals surface area (Å²) < 4.78 is 0. The molecule has 3 aromatic rings. The average Bonchev–Trinajstić information content (AvgIpc) is 2.70. The number of thioether (sulfide) groups is 1. The van der Waals surface area contributed by atoms with Gasteiger partial charge in [0.1, 0.15) is 0 Å². The van der Waals surface area contributed by atoms with E-state index in [1.165, 1.54) is 10.5 Å². The summed E-state index contributed by atoms with van der Waals surface area (Å²) in [6, 6.07) is 19.9. The van der Waals surface area contributed by atoms with Gasteiger partial charge in [0.05, 0.1) is 11.3 Å². The van der Waals surface area contributed by atoms with Crippen LogP contribution in [0.1, 0.15) is 29.3 Å². The predicted octanol–water partition coefficient (Wildman–Crippen LogP) is 5.68. The Morgan fingerprint density at radius 1 is 1.04 bits per heavy atom. The molecule has 1 aromatic heterocycles. The fraction of sp³-hybridized carbons (Fsp3) is 0.182. The van der Waals surface area contributed by atoms with Gasteiger partial charge < -0.3 is 5.32 Å². The third-order valence-corrected chi connectivity index (χ3v) is 4.95. The van der Waals surface area contributed by atoms with E-state index in [0.717, 1.165) is 29.8 Å². The van der Waals surface area contributed by atoms with E-state index < -0.39 is 0 Å². The Morgan fingerprint density at radius 3 is 2.46 bits per heavy atom. The van der Waals surface area contributed by atoms with Crippen LogP contribution in [0.25, 0.3) is 11.3 Å². The van der Waals surface area contributed by atoms with Crippen LogP contribution in [-0.2, 0) is 6.42 Å². The molecule has 0 bridgehead atoms. The van der Waals surface area contributed by atoms with E-state index in [-0.39, 0.29) is 5.91 Å². The number of anilines is 1. The first kappa shape index (κ1) is 18.2. The molecule has 4 heteroatoms. The first-order valence-electron chi connectivity index (χ1n) is 8.71. The second-order valence-corrected chi connectivity index (χ2v) is 6.88. The van der Waals surface area contributed by atoms with Crippen molar-refractivity contribution in [3.63, 3.8) is 0 Å². The first-order valence-corrected chi connectivity index (χ1v) is 9.93. The molecule has 0 atom stereocenters. The Labute approximate surface area is 158 Å². The Morgan fingerprint density at radius 2 is 1.81 bits per heavy atom. The molecule has 0 aliphatic rings. The van der Waals surface area contributed by atoms with Crippen molar-refractivity contribution in [2.75, 3.05) is 11.6 Å². The van der Waals surface area contributed by atoms with E-state index in [9.17, 15) is 4.79 Å². The minimum absolute atomic E-state index is 0.148. The number of aryl methyl sites for hydroxylation is 1. The Balaban J connectivity index is 1.72. The van der Waals surface area contributed by atoms with E-state index in [2.05, 4.69) is 35.4 Å². The van der Waals surface area contributed by atoms with Gasteiger partial charge in [0, 0.05) is 22.3 Å². The molecule has 0 aliphatic carbocycles. The molecule has 0 fully saturated rings. The standard InChI is InChI=1S/C22H22N2OS/c1-3-6-16-9-12-18(13-10-16)24-22(25)17-11-14-20(23-15-17)19-7-4-5-8-21(19)26-2/h4-5,7-15H,3,6H2,1-2H3,(H,24,25). The second kappa shape index (κ2) is 8.68. The monoisotopic (exact) mass is 362 g/mol. The molecule has 1 amide bonds. The maximum absolute atomic E-state index is 12.4. The molecule has 0 spiro atoms. The number of benzene rings is 2. The van der Waals surface area contributed by atoms with Gasteiger partial charge in [0.25, 0.3) is 5.91 Å². The molecule has 0 unspecified atom stereocenters. The molecule has 132 valence electrons. The van der Waals surface area contributed by atoms with Crippen molar-refractivity contribution in [1.29, 1.82) is 0 Å². The highest BCUT2D eigenvalue weighted by atomic mass is 32.2. The van der Waals surface area contributed by atoms with Crippen LogP contribution in [0.2, 0.25) is 0 Å². The Bertz CT molecular complexity index is 873. The molecule has 26 heavy (non-hydrogen) atoms. The lowest BCUT2D eigenvalue weighted by Crippen LogP contribution is -2.12. The van der Waals surface area contributed by atoms with Crippen LogP contribution in [-0.4, -0.2) is 17.1 Å². The fourth-order valence-corrected chi connectivity index (χ4v) is 3.40. The van der Waals surface area contributed by atoms with Gasteiger partial charge in [0.2, 0.25) is 0 Å². The summed E-state index contributed by atoms with van der Waals surface area (Å²) in [5, 5.41) is 2.93. The molecule has 3 rings (SSSR count). The van der Waals surface area contributed by atoms with Crippen LogP contribution in [0.3, 0.4) is 0 Å². The smallest absolute Gasteiger partial charge is 0.257 e. The molecule has 0 radical (unpaired) electrons. The van der Waals surface area contributed by atoms with Crippen molar-refractivity contribution in [1.82, 2.24) is 4.98 Å². The van der Waals surface area contributed by atoms with Crippen LogP contribution in [0.4, 0.5) is 5.69 Å². The highest BCUT2D eigenvalue weighted by Crippen LogP contribution is 2.28. The van der Waals surface area contributed by atoms with Gasteiger partial charge in [-0.05, 0) is 48.6 Å². The first-order chi connectivity index (χ1) is 12.7. The van der Waals surface area contributed by atoms with Crippen LogP contribution < -0.4 is 5.32 Å². The van der Waals surface area contributed by atoms with Gasteiger partial charge in [0.15, 0.2) is 0 Å². The molecular weight excluding hydrogens is 340 g/mol. The summed E-state index contributed by atoms with van der Waals surface area (Å²) >= 11 is 1.69. The third-order valence-electron chi connectivity index (χ3n) is 4.16. The van der Waals surface area contributed by atoms with E-state index in [4.69, 9.17) is 0 Å². The summed E-state index contributed by atoms with van der Waals surface area (Å²) in [6.07, 6.45) is 5.85. The molecular formula is C22H22N2OS. The van der Waals surface area contributed by atoms with Crippen LogP contribution in [0.15, 0.2) is 71.8 Å². The van der Waals surface area contributed by atoms with E-state index in [1.54, 1.807) is 18.0 Å². The lowest BCUT2D eigenvalue weighted by Gasteiger charge is -2.09. The van der Waals surface area contributed by atoms with Crippen molar-refractivity contribution in [3.8, 4) is 11.3 Å². The van der Waals surface area contributed by atoms with E-state index in [1.807, 2.05) is 48.7 Å². The predicted molar refractivity (Wildman–Crippen MR) is 110 cm³/mol.